The average Bonchev–Trinajstić information content (AvgIpc) is 2.38. The minimum atomic E-state index is -3.89. The molecule has 9 heteroatoms. The third kappa shape index (κ3) is 3.88. The van der Waals surface area contributed by atoms with Crippen molar-refractivity contribution in [2.75, 3.05) is 12.0 Å². The van der Waals surface area contributed by atoms with E-state index in [1.54, 1.807) is 0 Å². The number of benzene rings is 1. The van der Waals surface area contributed by atoms with Crippen LogP contribution in [0.2, 0.25) is 0 Å². The lowest BCUT2D eigenvalue weighted by Crippen LogP contribution is -2.25. The van der Waals surface area contributed by atoms with Crippen LogP contribution in [0.25, 0.3) is 0 Å². The molecule has 4 N–H and O–H groups in total. The topological polar surface area (TPSA) is 127 Å². The highest BCUT2D eigenvalue weighted by molar-refractivity contribution is 7.89. The van der Waals surface area contributed by atoms with E-state index >= 15 is 0 Å². The fourth-order valence-corrected chi connectivity index (χ4v) is 2.66. The lowest BCUT2D eigenvalue weighted by molar-refractivity contribution is -0.387. The molecule has 0 heterocycles. The van der Waals surface area contributed by atoms with E-state index in [0.29, 0.717) is 6.42 Å². The Kier molecular flexibility index (Phi) is 5.21. The zero-order valence-corrected chi connectivity index (χ0v) is 11.2. The van der Waals surface area contributed by atoms with Gasteiger partial charge >= 0.3 is 0 Å². The number of hydrogen-bond acceptors (Lipinski definition) is 6. The summed E-state index contributed by atoms with van der Waals surface area (Å²) in [7, 11) is -3.89. The van der Waals surface area contributed by atoms with Gasteiger partial charge in [0.25, 0.3) is 5.69 Å². The zero-order chi connectivity index (χ0) is 14.5. The molecular weight excluding hydrogens is 272 g/mol. The summed E-state index contributed by atoms with van der Waals surface area (Å²) in [5.74, 6) is 5.14. The van der Waals surface area contributed by atoms with Crippen LogP contribution < -0.4 is 16.0 Å². The van der Waals surface area contributed by atoms with Crippen molar-refractivity contribution in [1.82, 2.24) is 4.72 Å². The van der Waals surface area contributed by atoms with E-state index in [9.17, 15) is 18.5 Å². The number of nitrogen functional groups attached to an aromatic ring is 1. The van der Waals surface area contributed by atoms with Crippen LogP contribution in [0.5, 0.6) is 0 Å². The van der Waals surface area contributed by atoms with Gasteiger partial charge in [0.1, 0.15) is 0 Å². The molecule has 0 radical (unpaired) electrons. The molecule has 1 aromatic rings. The number of sulfonamides is 1. The molecule has 0 unspecified atom stereocenters. The van der Waals surface area contributed by atoms with Crippen molar-refractivity contribution < 1.29 is 13.3 Å². The van der Waals surface area contributed by atoms with Crippen LogP contribution in [-0.2, 0) is 10.0 Å². The first-order valence-electron chi connectivity index (χ1n) is 5.67. The number of nitro benzene ring substituents is 1. The van der Waals surface area contributed by atoms with Gasteiger partial charge in [-0.2, -0.15) is 0 Å². The van der Waals surface area contributed by atoms with Gasteiger partial charge in [0.05, 0.1) is 10.6 Å². The van der Waals surface area contributed by atoms with E-state index in [1.165, 1.54) is 6.07 Å². The Morgan fingerprint density at radius 2 is 2.11 bits per heavy atom. The van der Waals surface area contributed by atoms with Crippen molar-refractivity contribution in [2.45, 2.75) is 24.7 Å². The normalized spacial score (nSPS) is 11.3. The number of anilines is 1. The second kappa shape index (κ2) is 6.45. The predicted molar refractivity (Wildman–Crippen MR) is 71.0 cm³/mol. The van der Waals surface area contributed by atoms with Crippen LogP contribution in [0.3, 0.4) is 0 Å². The highest BCUT2D eigenvalue weighted by atomic mass is 32.2. The lowest BCUT2D eigenvalue weighted by atomic mass is 10.3. The highest BCUT2D eigenvalue weighted by Gasteiger charge is 2.25. The Hall–Kier alpha value is -1.71. The summed E-state index contributed by atoms with van der Waals surface area (Å²) in [5, 5.41) is 10.9. The quantitative estimate of drug-likeness (QED) is 0.297. The lowest BCUT2D eigenvalue weighted by Gasteiger charge is -2.08. The third-order valence-corrected chi connectivity index (χ3v) is 3.94. The second-order valence-electron chi connectivity index (χ2n) is 3.84. The van der Waals surface area contributed by atoms with Crippen LogP contribution in [0.4, 0.5) is 11.4 Å². The number of nitro groups is 1. The second-order valence-corrected chi connectivity index (χ2v) is 5.57. The van der Waals surface area contributed by atoms with E-state index in [4.69, 9.17) is 5.84 Å². The maximum Gasteiger partial charge on any atom is 0.291 e. The minimum Gasteiger partial charge on any atom is -0.324 e. The van der Waals surface area contributed by atoms with Gasteiger partial charge < -0.3 is 5.43 Å². The first kappa shape index (κ1) is 15.3. The molecule has 0 atom stereocenters. The Morgan fingerprint density at radius 1 is 1.42 bits per heavy atom. The number of hydrazine groups is 1. The summed E-state index contributed by atoms with van der Waals surface area (Å²) in [4.78, 5) is 9.79. The molecule has 0 aromatic heterocycles. The van der Waals surface area contributed by atoms with Gasteiger partial charge in [-0.25, -0.2) is 13.1 Å². The molecule has 0 aliphatic heterocycles. The molecule has 0 aliphatic rings. The molecule has 0 saturated carbocycles. The van der Waals surface area contributed by atoms with Gasteiger partial charge in [0.15, 0.2) is 4.90 Å². The summed E-state index contributed by atoms with van der Waals surface area (Å²) in [5.41, 5.74) is 1.98. The number of nitrogens with one attached hydrogen (secondary N) is 2. The van der Waals surface area contributed by atoms with Gasteiger partial charge in [-0.3, -0.25) is 16.0 Å². The number of hydrogen-bond donors (Lipinski definition) is 3. The summed E-state index contributed by atoms with van der Waals surface area (Å²) in [6.45, 7) is 2.16. The molecular formula is C10H16N4O4S. The molecule has 1 rings (SSSR count). The van der Waals surface area contributed by atoms with Gasteiger partial charge in [-0.15, -0.1) is 0 Å². The van der Waals surface area contributed by atoms with Crippen LogP contribution >= 0.6 is 0 Å². The Bertz CT molecular complexity index is 559. The van der Waals surface area contributed by atoms with E-state index < -0.39 is 20.6 Å². The minimum absolute atomic E-state index is 0.243. The number of nitrogens with two attached hydrogens (primary N) is 1. The Morgan fingerprint density at radius 3 is 2.63 bits per heavy atom. The van der Waals surface area contributed by atoms with Crippen LogP contribution in [0.1, 0.15) is 19.8 Å². The maximum absolute atomic E-state index is 12.0. The molecule has 0 bridgehead atoms. The van der Waals surface area contributed by atoms with Gasteiger partial charge in [-0.1, -0.05) is 13.3 Å². The first-order chi connectivity index (χ1) is 8.92. The predicted octanol–water partition coefficient (Wildman–Crippen LogP) is 0.959. The molecule has 1 aromatic carbocycles. The largest absolute Gasteiger partial charge is 0.324 e. The van der Waals surface area contributed by atoms with Crippen LogP contribution in [0, 0.1) is 10.1 Å². The van der Waals surface area contributed by atoms with Crippen molar-refractivity contribution in [3.8, 4) is 0 Å². The molecule has 0 spiro atoms. The third-order valence-electron chi connectivity index (χ3n) is 2.43. The van der Waals surface area contributed by atoms with Gasteiger partial charge in [-0.05, 0) is 18.6 Å². The van der Waals surface area contributed by atoms with Crippen molar-refractivity contribution in [3.63, 3.8) is 0 Å². The van der Waals surface area contributed by atoms with Crippen LogP contribution in [0.15, 0.2) is 23.1 Å². The van der Waals surface area contributed by atoms with Crippen molar-refractivity contribution in [1.29, 1.82) is 0 Å². The van der Waals surface area contributed by atoms with E-state index in [0.717, 1.165) is 18.6 Å². The maximum atomic E-state index is 12.0. The van der Waals surface area contributed by atoms with E-state index in [2.05, 4.69) is 10.1 Å². The monoisotopic (exact) mass is 288 g/mol. The summed E-state index contributed by atoms with van der Waals surface area (Å²) < 4.78 is 26.3. The van der Waals surface area contributed by atoms with Crippen molar-refractivity contribution >= 4 is 21.4 Å². The standard InChI is InChI=1S/C10H16N4O4S/c1-2-3-6-12-19(17,18)10-5-4-8(13-11)7-9(10)14(15)16/h4-5,7,12-13H,2-3,6,11H2,1H3. The smallest absolute Gasteiger partial charge is 0.291 e. The van der Waals surface area contributed by atoms with Crippen molar-refractivity contribution in [2.24, 2.45) is 5.84 Å². The Balaban J connectivity index is 3.15. The fourth-order valence-electron chi connectivity index (χ4n) is 1.44. The van der Waals surface area contributed by atoms with E-state index in [1.807, 2.05) is 6.92 Å². The Labute approximate surface area is 111 Å². The fraction of sp³-hybridized carbons (Fsp3) is 0.400. The average molecular weight is 288 g/mol. The summed E-state index contributed by atoms with van der Waals surface area (Å²) in [6.07, 6.45) is 1.48. The molecule has 8 nitrogen and oxygen atoms in total. The summed E-state index contributed by atoms with van der Waals surface area (Å²) >= 11 is 0. The number of rotatable bonds is 7. The molecule has 0 aliphatic carbocycles. The number of nitrogens with zero attached hydrogens (tertiary/aromatic N) is 1. The molecule has 0 fully saturated rings. The molecule has 19 heavy (non-hydrogen) atoms. The van der Waals surface area contributed by atoms with Crippen molar-refractivity contribution in [3.05, 3.63) is 28.3 Å². The van der Waals surface area contributed by atoms with Crippen LogP contribution in [-0.4, -0.2) is 19.9 Å². The molecule has 0 saturated heterocycles. The first-order valence-corrected chi connectivity index (χ1v) is 7.15. The number of unbranched alkanes of at least 4 members (excludes halogenated alkanes) is 1. The summed E-state index contributed by atoms with van der Waals surface area (Å²) in [6, 6.07) is 3.59. The zero-order valence-electron chi connectivity index (χ0n) is 10.4. The van der Waals surface area contributed by atoms with Gasteiger partial charge in [0, 0.05) is 12.6 Å². The van der Waals surface area contributed by atoms with Gasteiger partial charge in [0.2, 0.25) is 10.0 Å². The molecule has 106 valence electrons. The molecule has 0 amide bonds. The van der Waals surface area contributed by atoms with E-state index in [-0.39, 0.29) is 17.1 Å². The highest BCUT2D eigenvalue weighted by Crippen LogP contribution is 2.26. The SMILES string of the molecule is CCCCNS(=O)(=O)c1ccc(NN)cc1[N+](=O)[O-].